The predicted molar refractivity (Wildman–Crippen MR) is 80.7 cm³/mol. The number of aromatic nitrogens is 3. The summed E-state index contributed by atoms with van der Waals surface area (Å²) in [4.78, 5) is 10.8. The predicted octanol–water partition coefficient (Wildman–Crippen LogP) is 2.57. The number of ether oxygens (including phenoxy) is 1. The van der Waals surface area contributed by atoms with E-state index in [0.29, 0.717) is 11.1 Å². The lowest BCUT2D eigenvalue weighted by Crippen LogP contribution is -2.26. The van der Waals surface area contributed by atoms with Gasteiger partial charge in [-0.15, -0.1) is 10.2 Å². The molecule has 0 aliphatic carbocycles. The Labute approximate surface area is 129 Å². The van der Waals surface area contributed by atoms with E-state index < -0.39 is 5.97 Å². The molecule has 1 N–H and O–H groups in total. The normalized spacial score (nSPS) is 18.1. The van der Waals surface area contributed by atoms with Crippen molar-refractivity contribution in [1.29, 1.82) is 0 Å². The maximum atomic E-state index is 10.8. The second-order valence-electron chi connectivity index (χ2n) is 5.74. The van der Waals surface area contributed by atoms with Crippen LogP contribution in [0.4, 0.5) is 0 Å². The van der Waals surface area contributed by atoms with Crippen LogP contribution in [0, 0.1) is 5.92 Å². The van der Waals surface area contributed by atoms with Gasteiger partial charge in [-0.2, -0.15) is 0 Å². The summed E-state index contributed by atoms with van der Waals surface area (Å²) in [5, 5.41) is 18.1. The molecular formula is C14H23N3O3S. The molecule has 1 fully saturated rings. The third-order valence-corrected chi connectivity index (χ3v) is 4.82. The number of carbonyl (C=O) groups is 1. The molecule has 1 atom stereocenters. The SMILES string of the molecule is CC(C)c1nnc(SCC(=O)O)n1C(C)C1CCOCC1. The molecule has 1 aromatic rings. The van der Waals surface area contributed by atoms with E-state index in [1.54, 1.807) is 0 Å². The van der Waals surface area contributed by atoms with E-state index in [2.05, 4.69) is 35.5 Å². The summed E-state index contributed by atoms with van der Waals surface area (Å²) >= 11 is 1.24. The molecule has 0 radical (unpaired) electrons. The zero-order valence-corrected chi connectivity index (χ0v) is 13.6. The number of thioether (sulfide) groups is 1. The van der Waals surface area contributed by atoms with E-state index in [0.717, 1.165) is 31.9 Å². The minimum Gasteiger partial charge on any atom is -0.481 e. The van der Waals surface area contributed by atoms with Gasteiger partial charge in [0.05, 0.1) is 5.75 Å². The fourth-order valence-electron chi connectivity index (χ4n) is 2.70. The molecule has 1 aliphatic heterocycles. The number of carboxylic acids is 1. The van der Waals surface area contributed by atoms with Crippen LogP contribution in [0.1, 0.15) is 51.4 Å². The second kappa shape index (κ2) is 7.26. The Morgan fingerprint density at radius 1 is 1.38 bits per heavy atom. The molecule has 2 heterocycles. The van der Waals surface area contributed by atoms with Crippen molar-refractivity contribution in [3.8, 4) is 0 Å². The maximum absolute atomic E-state index is 10.8. The van der Waals surface area contributed by atoms with Gasteiger partial charge in [-0.25, -0.2) is 0 Å². The summed E-state index contributed by atoms with van der Waals surface area (Å²) in [6.45, 7) is 7.94. The first-order valence-electron chi connectivity index (χ1n) is 7.37. The van der Waals surface area contributed by atoms with Crippen LogP contribution >= 0.6 is 11.8 Å². The summed E-state index contributed by atoms with van der Waals surface area (Å²) in [6.07, 6.45) is 2.06. The molecule has 7 heteroatoms. The Morgan fingerprint density at radius 2 is 2.05 bits per heavy atom. The zero-order valence-electron chi connectivity index (χ0n) is 12.8. The van der Waals surface area contributed by atoms with Crippen molar-refractivity contribution in [1.82, 2.24) is 14.8 Å². The first-order valence-corrected chi connectivity index (χ1v) is 8.36. The van der Waals surface area contributed by atoms with Crippen LogP contribution in [0.15, 0.2) is 5.16 Å². The van der Waals surface area contributed by atoms with E-state index in [1.807, 2.05) is 0 Å². The molecule has 1 unspecified atom stereocenters. The molecule has 6 nitrogen and oxygen atoms in total. The van der Waals surface area contributed by atoms with Gasteiger partial charge in [0.15, 0.2) is 5.16 Å². The van der Waals surface area contributed by atoms with Gasteiger partial charge in [-0.05, 0) is 25.7 Å². The Hall–Kier alpha value is -1.08. The van der Waals surface area contributed by atoms with Crippen LogP contribution in [-0.4, -0.2) is 44.8 Å². The van der Waals surface area contributed by atoms with Gasteiger partial charge >= 0.3 is 5.97 Å². The fraction of sp³-hybridized carbons (Fsp3) is 0.786. The molecule has 118 valence electrons. The van der Waals surface area contributed by atoms with E-state index in [-0.39, 0.29) is 17.7 Å². The van der Waals surface area contributed by atoms with Gasteiger partial charge in [-0.3, -0.25) is 4.79 Å². The highest BCUT2D eigenvalue weighted by atomic mass is 32.2. The summed E-state index contributed by atoms with van der Waals surface area (Å²) in [7, 11) is 0. The van der Waals surface area contributed by atoms with Crippen molar-refractivity contribution in [2.24, 2.45) is 5.92 Å². The average Bonchev–Trinajstić information content (AvgIpc) is 2.89. The Kier molecular flexibility index (Phi) is 5.64. The summed E-state index contributed by atoms with van der Waals surface area (Å²) in [6, 6.07) is 0.262. The van der Waals surface area contributed by atoms with Crippen molar-refractivity contribution in [2.75, 3.05) is 19.0 Å². The molecular weight excluding hydrogens is 290 g/mol. The summed E-state index contributed by atoms with van der Waals surface area (Å²) < 4.78 is 7.56. The largest absolute Gasteiger partial charge is 0.481 e. The topological polar surface area (TPSA) is 77.2 Å². The number of carboxylic acid groups (broad SMARTS) is 1. The highest BCUT2D eigenvalue weighted by Gasteiger charge is 2.27. The lowest BCUT2D eigenvalue weighted by Gasteiger charge is -2.30. The fourth-order valence-corrected chi connectivity index (χ4v) is 3.45. The number of nitrogens with zero attached hydrogens (tertiary/aromatic N) is 3. The lowest BCUT2D eigenvalue weighted by atomic mass is 9.92. The molecule has 1 aliphatic rings. The smallest absolute Gasteiger partial charge is 0.313 e. The second-order valence-corrected chi connectivity index (χ2v) is 6.68. The minimum atomic E-state index is -0.834. The van der Waals surface area contributed by atoms with Crippen molar-refractivity contribution in [2.45, 2.75) is 50.7 Å². The van der Waals surface area contributed by atoms with Gasteiger partial charge in [0.25, 0.3) is 0 Å². The molecule has 1 saturated heterocycles. The number of hydrogen-bond donors (Lipinski definition) is 1. The standard InChI is InChI=1S/C14H23N3O3S/c1-9(2)13-15-16-14(21-8-12(18)19)17(13)10(3)11-4-6-20-7-5-11/h9-11H,4-8H2,1-3H3,(H,18,19). The molecule has 0 spiro atoms. The van der Waals surface area contributed by atoms with Crippen LogP contribution in [0.2, 0.25) is 0 Å². The lowest BCUT2D eigenvalue weighted by molar-refractivity contribution is -0.133. The number of rotatable bonds is 6. The van der Waals surface area contributed by atoms with Crippen LogP contribution in [0.3, 0.4) is 0 Å². The summed E-state index contributed by atoms with van der Waals surface area (Å²) in [5.41, 5.74) is 0. The van der Waals surface area contributed by atoms with Crippen molar-refractivity contribution < 1.29 is 14.6 Å². The molecule has 0 aromatic carbocycles. The highest BCUT2D eigenvalue weighted by Crippen LogP contribution is 2.33. The monoisotopic (exact) mass is 313 g/mol. The first kappa shape index (κ1) is 16.3. The first-order chi connectivity index (χ1) is 10.0. The maximum Gasteiger partial charge on any atom is 0.313 e. The Morgan fingerprint density at radius 3 is 2.62 bits per heavy atom. The van der Waals surface area contributed by atoms with Crippen LogP contribution in [0.5, 0.6) is 0 Å². The van der Waals surface area contributed by atoms with Gasteiger partial charge < -0.3 is 14.4 Å². The van der Waals surface area contributed by atoms with Crippen molar-refractivity contribution in [3.63, 3.8) is 0 Å². The van der Waals surface area contributed by atoms with Crippen molar-refractivity contribution >= 4 is 17.7 Å². The van der Waals surface area contributed by atoms with Gasteiger partial charge in [0.2, 0.25) is 0 Å². The molecule has 0 amide bonds. The highest BCUT2D eigenvalue weighted by molar-refractivity contribution is 7.99. The zero-order chi connectivity index (χ0) is 15.4. The molecule has 1 aromatic heterocycles. The number of hydrogen-bond acceptors (Lipinski definition) is 5. The van der Waals surface area contributed by atoms with E-state index >= 15 is 0 Å². The van der Waals surface area contributed by atoms with Crippen LogP contribution < -0.4 is 0 Å². The van der Waals surface area contributed by atoms with E-state index in [9.17, 15) is 4.79 Å². The van der Waals surface area contributed by atoms with E-state index in [1.165, 1.54) is 11.8 Å². The van der Waals surface area contributed by atoms with Crippen LogP contribution in [0.25, 0.3) is 0 Å². The Balaban J connectivity index is 2.24. The average molecular weight is 313 g/mol. The Bertz CT molecular complexity index is 484. The molecule has 21 heavy (non-hydrogen) atoms. The molecule has 0 saturated carbocycles. The van der Waals surface area contributed by atoms with Gasteiger partial charge in [-0.1, -0.05) is 25.6 Å². The third kappa shape index (κ3) is 3.97. The number of aliphatic carboxylic acids is 1. The molecule has 2 rings (SSSR count). The minimum absolute atomic E-state index is 0.0106. The van der Waals surface area contributed by atoms with Gasteiger partial charge in [0.1, 0.15) is 5.82 Å². The van der Waals surface area contributed by atoms with E-state index in [4.69, 9.17) is 9.84 Å². The van der Waals surface area contributed by atoms with Gasteiger partial charge in [0, 0.05) is 25.2 Å². The quantitative estimate of drug-likeness (QED) is 0.813. The van der Waals surface area contributed by atoms with Crippen molar-refractivity contribution in [3.05, 3.63) is 5.82 Å². The summed E-state index contributed by atoms with van der Waals surface area (Å²) in [5.74, 6) is 0.896. The van der Waals surface area contributed by atoms with Crippen LogP contribution in [-0.2, 0) is 9.53 Å². The third-order valence-electron chi connectivity index (χ3n) is 3.89. The molecule has 0 bridgehead atoms.